The highest BCUT2D eigenvalue weighted by atomic mass is 19.4. The van der Waals surface area contributed by atoms with Crippen molar-refractivity contribution in [3.05, 3.63) is 48.2 Å². The highest BCUT2D eigenvalue weighted by molar-refractivity contribution is 5.92. The van der Waals surface area contributed by atoms with Gasteiger partial charge in [0.15, 0.2) is 6.17 Å². The minimum atomic E-state index is -4.34. The number of alkyl halides is 3. The van der Waals surface area contributed by atoms with E-state index in [-0.39, 0.29) is 18.7 Å². The summed E-state index contributed by atoms with van der Waals surface area (Å²) in [6, 6.07) is 3.75. The second kappa shape index (κ2) is 7.08. The molecule has 9 nitrogen and oxygen atoms in total. The minimum absolute atomic E-state index is 0.0439. The van der Waals surface area contributed by atoms with Crippen LogP contribution in [-0.4, -0.2) is 41.2 Å². The average Bonchev–Trinajstić information content (AvgIpc) is 3.46. The van der Waals surface area contributed by atoms with Crippen LogP contribution in [0.4, 0.5) is 24.9 Å². The van der Waals surface area contributed by atoms with Crippen molar-refractivity contribution in [1.29, 1.82) is 0 Å². The molecule has 1 unspecified atom stereocenters. The van der Waals surface area contributed by atoms with Crippen LogP contribution in [0.15, 0.2) is 42.0 Å². The molecule has 0 spiro atoms. The zero-order valence-corrected chi connectivity index (χ0v) is 18.5. The summed E-state index contributed by atoms with van der Waals surface area (Å²) in [6.45, 7) is 1.92. The van der Waals surface area contributed by atoms with E-state index in [9.17, 15) is 13.2 Å². The maximum absolute atomic E-state index is 13.9. The van der Waals surface area contributed by atoms with Gasteiger partial charge in [-0.3, -0.25) is 10.1 Å². The van der Waals surface area contributed by atoms with Crippen molar-refractivity contribution in [3.8, 4) is 11.3 Å². The number of hydrogen-bond donors (Lipinski definition) is 2. The van der Waals surface area contributed by atoms with E-state index >= 15 is 0 Å². The Hall–Kier alpha value is -3.83. The van der Waals surface area contributed by atoms with Gasteiger partial charge in [0.05, 0.1) is 17.6 Å². The topological polar surface area (TPSA) is 88.2 Å². The van der Waals surface area contributed by atoms with E-state index in [0.717, 1.165) is 28.3 Å². The number of halogens is 3. The number of amidine groups is 1. The molecule has 0 saturated heterocycles. The van der Waals surface area contributed by atoms with Crippen molar-refractivity contribution < 1.29 is 13.2 Å². The average molecular weight is 469 g/mol. The molecule has 12 heteroatoms. The van der Waals surface area contributed by atoms with Gasteiger partial charge in [0.2, 0.25) is 5.95 Å². The number of nitrogens with one attached hydrogen (secondary N) is 2. The molecule has 2 aliphatic heterocycles. The summed E-state index contributed by atoms with van der Waals surface area (Å²) in [6.07, 6.45) is 4.56. The largest absolute Gasteiger partial charge is 0.401 e. The summed E-state index contributed by atoms with van der Waals surface area (Å²) in [5.41, 5.74) is 4.26. The Morgan fingerprint density at radius 2 is 2.06 bits per heavy atom. The lowest BCUT2D eigenvalue weighted by Crippen LogP contribution is -2.54. The Morgan fingerprint density at radius 3 is 2.74 bits per heavy atom. The van der Waals surface area contributed by atoms with Crippen LogP contribution in [0.3, 0.4) is 0 Å². The maximum Gasteiger partial charge on any atom is 0.401 e. The molecule has 1 saturated carbocycles. The Balaban J connectivity index is 1.31. The van der Waals surface area contributed by atoms with Gasteiger partial charge in [-0.2, -0.15) is 23.4 Å². The second-order valence-corrected chi connectivity index (χ2v) is 8.86. The Labute approximate surface area is 193 Å². The van der Waals surface area contributed by atoms with E-state index in [2.05, 4.69) is 30.9 Å². The molecular formula is C22H22F3N9. The Bertz CT molecular complexity index is 1330. The van der Waals surface area contributed by atoms with Gasteiger partial charge in [0, 0.05) is 43.5 Å². The number of hydrogen-bond acceptors (Lipinski definition) is 7. The quantitative estimate of drug-likeness (QED) is 0.598. The fraction of sp³-hybridized carbons (Fsp3) is 0.364. The van der Waals surface area contributed by atoms with Crippen molar-refractivity contribution in [2.24, 2.45) is 17.6 Å². The summed E-state index contributed by atoms with van der Waals surface area (Å²) >= 11 is 0. The smallest absolute Gasteiger partial charge is 0.322 e. The molecule has 176 valence electrons. The van der Waals surface area contributed by atoms with Crippen LogP contribution in [-0.2, 0) is 7.05 Å². The summed E-state index contributed by atoms with van der Waals surface area (Å²) in [4.78, 5) is 10.7. The van der Waals surface area contributed by atoms with Crippen LogP contribution in [0.2, 0.25) is 0 Å². The van der Waals surface area contributed by atoms with Gasteiger partial charge < -0.3 is 14.8 Å². The number of rotatable bonds is 4. The predicted molar refractivity (Wildman–Crippen MR) is 120 cm³/mol. The second-order valence-electron chi connectivity index (χ2n) is 8.86. The summed E-state index contributed by atoms with van der Waals surface area (Å²) in [7, 11) is 1.81. The molecule has 5 heterocycles. The molecule has 0 radical (unpaired) electrons. The molecule has 34 heavy (non-hydrogen) atoms. The normalized spacial score (nSPS) is 20.3. The predicted octanol–water partition coefficient (Wildman–Crippen LogP) is 4.12. The molecule has 1 fully saturated rings. The van der Waals surface area contributed by atoms with Crippen molar-refractivity contribution >= 4 is 23.8 Å². The van der Waals surface area contributed by atoms with Gasteiger partial charge in [-0.1, -0.05) is 6.42 Å². The number of fused-ring (bicyclic) bond motifs is 3. The fourth-order valence-electron chi connectivity index (χ4n) is 4.77. The molecule has 0 aromatic carbocycles. The van der Waals surface area contributed by atoms with Gasteiger partial charge in [-0.25, -0.2) is 9.97 Å². The highest BCUT2D eigenvalue weighted by Crippen LogP contribution is 2.56. The third-order valence-corrected chi connectivity index (χ3v) is 6.85. The van der Waals surface area contributed by atoms with Crippen LogP contribution in [0.1, 0.15) is 36.7 Å². The van der Waals surface area contributed by atoms with Gasteiger partial charge in [-0.05, 0) is 31.4 Å². The van der Waals surface area contributed by atoms with Crippen molar-refractivity contribution in [2.75, 3.05) is 5.32 Å². The minimum Gasteiger partial charge on any atom is -0.322 e. The van der Waals surface area contributed by atoms with Crippen LogP contribution in [0.5, 0.6) is 0 Å². The summed E-state index contributed by atoms with van der Waals surface area (Å²) in [5, 5.41) is 11.4. The maximum atomic E-state index is 13.9. The SMILES string of the molecule is Cc1cnc(Nc2ccnn2C)nc1-c1cc2n(c1)C=CN1C(C3(C(F)(F)F)CCC3)=NNC21. The molecule has 0 amide bonds. The zero-order chi connectivity index (χ0) is 23.7. The van der Waals surface area contributed by atoms with E-state index in [1.807, 2.05) is 36.9 Å². The zero-order valence-electron chi connectivity index (χ0n) is 18.5. The van der Waals surface area contributed by atoms with E-state index in [0.29, 0.717) is 12.4 Å². The fourth-order valence-corrected chi connectivity index (χ4v) is 4.77. The highest BCUT2D eigenvalue weighted by Gasteiger charge is 2.64. The molecule has 3 aliphatic rings. The van der Waals surface area contributed by atoms with Crippen LogP contribution < -0.4 is 10.7 Å². The van der Waals surface area contributed by atoms with E-state index < -0.39 is 17.8 Å². The van der Waals surface area contributed by atoms with E-state index in [1.165, 1.54) is 0 Å². The lowest BCUT2D eigenvalue weighted by atomic mass is 9.66. The molecule has 1 aliphatic carbocycles. The molecule has 6 rings (SSSR count). The van der Waals surface area contributed by atoms with E-state index in [4.69, 9.17) is 0 Å². The van der Waals surface area contributed by atoms with Crippen molar-refractivity contribution in [3.63, 3.8) is 0 Å². The van der Waals surface area contributed by atoms with Gasteiger partial charge in [0.25, 0.3) is 0 Å². The monoisotopic (exact) mass is 469 g/mol. The first kappa shape index (κ1) is 20.8. The van der Waals surface area contributed by atoms with Crippen molar-refractivity contribution in [2.45, 2.75) is 38.5 Å². The number of hydrazone groups is 1. The summed E-state index contributed by atoms with van der Waals surface area (Å²) in [5.74, 6) is 1.22. The number of nitrogens with zero attached hydrogens (tertiary/aromatic N) is 7. The first-order valence-electron chi connectivity index (χ1n) is 10.9. The van der Waals surface area contributed by atoms with Crippen LogP contribution in [0.25, 0.3) is 17.5 Å². The number of anilines is 2. The van der Waals surface area contributed by atoms with Gasteiger partial charge in [-0.15, -0.1) is 0 Å². The van der Waals surface area contributed by atoms with Crippen LogP contribution in [0, 0.1) is 12.3 Å². The first-order valence-corrected chi connectivity index (χ1v) is 10.9. The molecule has 0 bridgehead atoms. The molecular weight excluding hydrogens is 447 g/mol. The number of aromatic nitrogens is 5. The molecule has 2 N–H and O–H groups in total. The Kier molecular flexibility index (Phi) is 4.32. The third-order valence-electron chi connectivity index (χ3n) is 6.85. The first-order chi connectivity index (χ1) is 16.3. The van der Waals surface area contributed by atoms with Gasteiger partial charge in [0.1, 0.15) is 17.1 Å². The Morgan fingerprint density at radius 1 is 1.24 bits per heavy atom. The molecule has 3 aromatic rings. The molecule has 1 atom stereocenters. The van der Waals surface area contributed by atoms with Crippen LogP contribution >= 0.6 is 0 Å². The van der Waals surface area contributed by atoms with Gasteiger partial charge >= 0.3 is 6.18 Å². The van der Waals surface area contributed by atoms with Crippen molar-refractivity contribution in [1.82, 2.24) is 34.6 Å². The lowest BCUT2D eigenvalue weighted by Gasteiger charge is -2.45. The van der Waals surface area contributed by atoms with E-state index in [1.54, 1.807) is 34.4 Å². The summed E-state index contributed by atoms with van der Waals surface area (Å²) < 4.78 is 45.4. The molecule has 3 aromatic heterocycles. The standard InChI is InChI=1S/C22H22F3N9/c1-13-11-26-20(28-16-4-7-27-32(16)2)29-17(13)14-10-15-18-30-31-19(34(18)9-8-33(15)12-14)21(5-3-6-21)22(23,24)25/h4,7-12,18,30H,3,5-6H2,1-2H3,(H,26,28,29). The lowest BCUT2D eigenvalue weighted by molar-refractivity contribution is -0.222. The number of aryl methyl sites for hydroxylation is 2. The third kappa shape index (κ3) is 2.94.